The summed E-state index contributed by atoms with van der Waals surface area (Å²) in [6.45, 7) is 3.88. The Kier molecular flexibility index (Phi) is 6.62. The highest BCUT2D eigenvalue weighted by atomic mass is 16.5. The lowest BCUT2D eigenvalue weighted by Crippen LogP contribution is -2.24. The van der Waals surface area contributed by atoms with Gasteiger partial charge in [0.2, 0.25) is 0 Å². The van der Waals surface area contributed by atoms with Crippen molar-refractivity contribution in [3.63, 3.8) is 0 Å². The van der Waals surface area contributed by atoms with Crippen LogP contribution < -0.4 is 10.1 Å². The van der Waals surface area contributed by atoms with Gasteiger partial charge in [-0.3, -0.25) is 9.78 Å². The Balaban J connectivity index is 1.64. The van der Waals surface area contributed by atoms with Gasteiger partial charge in [0.15, 0.2) is 0 Å². The molecule has 5 heteroatoms. The number of benzene rings is 2. The van der Waals surface area contributed by atoms with E-state index in [1.807, 2.05) is 66.7 Å². The van der Waals surface area contributed by atoms with E-state index in [0.29, 0.717) is 25.3 Å². The molecule has 0 fully saturated rings. The monoisotopic (exact) mass is 413 g/mol. The number of unbranched alkanes of at least 4 members (excludes halogenated alkanes) is 1. The van der Waals surface area contributed by atoms with E-state index in [9.17, 15) is 4.79 Å². The van der Waals surface area contributed by atoms with Crippen LogP contribution in [0.1, 0.15) is 41.5 Å². The Hall–Kier alpha value is -3.60. The molecule has 2 aromatic heterocycles. The molecular formula is C26H27N3O2. The molecule has 1 amide bonds. The molecule has 0 bridgehead atoms. The summed E-state index contributed by atoms with van der Waals surface area (Å²) in [6.07, 6.45) is 3.84. The van der Waals surface area contributed by atoms with Crippen LogP contribution in [0.5, 0.6) is 5.75 Å². The van der Waals surface area contributed by atoms with Gasteiger partial charge in [-0.1, -0.05) is 37.6 Å². The molecule has 0 atom stereocenters. The number of carbonyl (C=O) groups excluding carboxylic acids is 1. The molecule has 0 aliphatic heterocycles. The van der Waals surface area contributed by atoms with E-state index in [1.54, 1.807) is 6.20 Å². The van der Waals surface area contributed by atoms with Gasteiger partial charge in [0, 0.05) is 29.2 Å². The van der Waals surface area contributed by atoms with E-state index < -0.39 is 0 Å². The third-order valence-electron chi connectivity index (χ3n) is 5.24. The van der Waals surface area contributed by atoms with Gasteiger partial charge in [-0.15, -0.1) is 0 Å². The van der Waals surface area contributed by atoms with Crippen LogP contribution in [-0.4, -0.2) is 22.0 Å². The lowest BCUT2D eigenvalue weighted by molar-refractivity contribution is 0.0953. The van der Waals surface area contributed by atoms with Gasteiger partial charge < -0.3 is 14.6 Å². The zero-order valence-corrected chi connectivity index (χ0v) is 17.8. The number of para-hydroxylation sites is 1. The maximum absolute atomic E-state index is 12.5. The van der Waals surface area contributed by atoms with E-state index in [0.717, 1.165) is 40.9 Å². The summed E-state index contributed by atoms with van der Waals surface area (Å²) in [5.41, 5.74) is 3.74. The fraction of sp³-hybridized carbons (Fsp3) is 0.231. The van der Waals surface area contributed by atoms with Crippen molar-refractivity contribution in [3.8, 4) is 5.75 Å². The van der Waals surface area contributed by atoms with Crippen molar-refractivity contribution in [2.24, 2.45) is 0 Å². The fourth-order valence-electron chi connectivity index (χ4n) is 3.58. The number of nitrogens with one attached hydrogen (secondary N) is 1. The normalized spacial score (nSPS) is 10.9. The van der Waals surface area contributed by atoms with Crippen LogP contribution in [0.2, 0.25) is 0 Å². The lowest BCUT2D eigenvalue weighted by Gasteiger charge is -2.12. The largest absolute Gasteiger partial charge is 0.487 e. The SMILES string of the molecule is CCCCNC(=O)c1ccc2c(c1)cc(COc1ccccc1)n2Cc1ccccn1. The summed E-state index contributed by atoms with van der Waals surface area (Å²) in [5, 5.41) is 4.01. The minimum absolute atomic E-state index is 0.0325. The highest BCUT2D eigenvalue weighted by molar-refractivity contribution is 5.98. The molecule has 0 saturated heterocycles. The minimum atomic E-state index is -0.0325. The molecule has 0 radical (unpaired) electrons. The third-order valence-corrected chi connectivity index (χ3v) is 5.24. The van der Waals surface area contributed by atoms with Crippen molar-refractivity contribution in [3.05, 3.63) is 95.9 Å². The van der Waals surface area contributed by atoms with Crippen molar-refractivity contribution < 1.29 is 9.53 Å². The van der Waals surface area contributed by atoms with E-state index in [-0.39, 0.29) is 5.91 Å². The second-order valence-electron chi connectivity index (χ2n) is 7.53. The van der Waals surface area contributed by atoms with Crippen LogP contribution in [0, 0.1) is 0 Å². The zero-order chi connectivity index (χ0) is 21.5. The number of aromatic nitrogens is 2. The van der Waals surface area contributed by atoms with Crippen LogP contribution in [0.4, 0.5) is 0 Å². The third kappa shape index (κ3) is 5.12. The summed E-state index contributed by atoms with van der Waals surface area (Å²) in [5.74, 6) is 0.794. The Morgan fingerprint density at radius 1 is 1.03 bits per heavy atom. The zero-order valence-electron chi connectivity index (χ0n) is 17.8. The number of hydrogen-bond acceptors (Lipinski definition) is 3. The summed E-state index contributed by atoms with van der Waals surface area (Å²) >= 11 is 0. The molecule has 0 aliphatic carbocycles. The Morgan fingerprint density at radius 3 is 2.65 bits per heavy atom. The van der Waals surface area contributed by atoms with Gasteiger partial charge >= 0.3 is 0 Å². The van der Waals surface area contributed by atoms with Crippen LogP contribution in [0.15, 0.2) is 79.0 Å². The van der Waals surface area contributed by atoms with Crippen molar-refractivity contribution in [1.82, 2.24) is 14.9 Å². The molecule has 2 heterocycles. The standard InChI is InChI=1S/C26H27N3O2/c1-2-3-14-28-26(30)20-12-13-25-21(16-20)17-23(19-31-24-10-5-4-6-11-24)29(25)18-22-9-7-8-15-27-22/h4-13,15-17H,2-3,14,18-19H2,1H3,(H,28,30). The van der Waals surface area contributed by atoms with Gasteiger partial charge in [0.05, 0.1) is 17.9 Å². The van der Waals surface area contributed by atoms with Gasteiger partial charge in [0.1, 0.15) is 12.4 Å². The predicted octanol–water partition coefficient (Wildman–Crippen LogP) is 5.19. The molecule has 0 spiro atoms. The molecule has 158 valence electrons. The number of carbonyl (C=O) groups is 1. The molecule has 5 nitrogen and oxygen atoms in total. The van der Waals surface area contributed by atoms with Crippen molar-refractivity contribution in [1.29, 1.82) is 0 Å². The molecule has 0 unspecified atom stereocenters. The number of hydrogen-bond donors (Lipinski definition) is 1. The molecular weight excluding hydrogens is 386 g/mol. The number of fused-ring (bicyclic) bond motifs is 1. The summed E-state index contributed by atoms with van der Waals surface area (Å²) in [6, 6.07) is 23.7. The van der Waals surface area contributed by atoms with Crippen molar-refractivity contribution in [2.45, 2.75) is 32.9 Å². The van der Waals surface area contributed by atoms with Gasteiger partial charge in [-0.25, -0.2) is 0 Å². The van der Waals surface area contributed by atoms with Crippen molar-refractivity contribution >= 4 is 16.8 Å². The first-order valence-corrected chi connectivity index (χ1v) is 10.7. The summed E-state index contributed by atoms with van der Waals surface area (Å²) in [7, 11) is 0. The lowest BCUT2D eigenvalue weighted by atomic mass is 10.1. The van der Waals surface area contributed by atoms with Crippen LogP contribution in [0.3, 0.4) is 0 Å². The molecule has 1 N–H and O–H groups in total. The summed E-state index contributed by atoms with van der Waals surface area (Å²) in [4.78, 5) is 17.0. The average molecular weight is 414 g/mol. The molecule has 0 aliphatic rings. The topological polar surface area (TPSA) is 56.1 Å². The second kappa shape index (κ2) is 9.94. The smallest absolute Gasteiger partial charge is 0.251 e. The Bertz CT molecular complexity index is 1140. The van der Waals surface area contributed by atoms with E-state index in [1.165, 1.54) is 0 Å². The fourth-order valence-corrected chi connectivity index (χ4v) is 3.58. The number of rotatable bonds is 9. The highest BCUT2D eigenvalue weighted by Gasteiger charge is 2.13. The average Bonchev–Trinajstić information content (AvgIpc) is 3.15. The summed E-state index contributed by atoms with van der Waals surface area (Å²) < 4.78 is 8.23. The molecule has 4 aromatic rings. The van der Waals surface area contributed by atoms with E-state index in [4.69, 9.17) is 4.74 Å². The van der Waals surface area contributed by atoms with Gasteiger partial charge in [-0.2, -0.15) is 0 Å². The number of ether oxygens (including phenoxy) is 1. The van der Waals surface area contributed by atoms with Crippen LogP contribution in [0.25, 0.3) is 10.9 Å². The molecule has 31 heavy (non-hydrogen) atoms. The van der Waals surface area contributed by atoms with Gasteiger partial charge in [-0.05, 0) is 55.0 Å². The number of pyridine rings is 1. The molecule has 4 rings (SSSR count). The minimum Gasteiger partial charge on any atom is -0.487 e. The number of amides is 1. The van der Waals surface area contributed by atoms with E-state index in [2.05, 4.69) is 27.9 Å². The predicted molar refractivity (Wildman–Crippen MR) is 123 cm³/mol. The molecule has 2 aromatic carbocycles. The Labute approximate surface area is 182 Å². The maximum atomic E-state index is 12.5. The van der Waals surface area contributed by atoms with Crippen LogP contribution >= 0.6 is 0 Å². The first kappa shape index (κ1) is 20.7. The van der Waals surface area contributed by atoms with E-state index >= 15 is 0 Å². The highest BCUT2D eigenvalue weighted by Crippen LogP contribution is 2.24. The first-order chi connectivity index (χ1) is 15.2. The quantitative estimate of drug-likeness (QED) is 0.384. The van der Waals surface area contributed by atoms with Crippen LogP contribution in [-0.2, 0) is 13.2 Å². The van der Waals surface area contributed by atoms with Crippen molar-refractivity contribution in [2.75, 3.05) is 6.54 Å². The number of nitrogens with zero attached hydrogens (tertiary/aromatic N) is 2. The second-order valence-corrected chi connectivity index (χ2v) is 7.53. The van der Waals surface area contributed by atoms with Gasteiger partial charge in [0.25, 0.3) is 5.91 Å². The molecule has 0 saturated carbocycles. The maximum Gasteiger partial charge on any atom is 0.251 e. The Morgan fingerprint density at radius 2 is 1.87 bits per heavy atom. The first-order valence-electron chi connectivity index (χ1n) is 10.7.